The predicted octanol–water partition coefficient (Wildman–Crippen LogP) is 8.24. The van der Waals surface area contributed by atoms with E-state index < -0.39 is 0 Å². The second kappa shape index (κ2) is 26.3. The summed E-state index contributed by atoms with van der Waals surface area (Å²) in [4.78, 5) is 3.78. The van der Waals surface area contributed by atoms with Gasteiger partial charge in [-0.3, -0.25) is 4.98 Å². The molecule has 0 unspecified atom stereocenters. The van der Waals surface area contributed by atoms with Crippen LogP contribution in [0.1, 0.15) is 81.2 Å². The zero-order valence-corrected chi connectivity index (χ0v) is 16.9. The smallest absolute Gasteiger partial charge is 0.0267 e. The molecule has 0 aliphatic heterocycles. The van der Waals surface area contributed by atoms with Gasteiger partial charge in [-0.2, -0.15) is 0 Å². The molecule has 0 aliphatic rings. The van der Waals surface area contributed by atoms with Gasteiger partial charge in [-0.25, -0.2) is 0 Å². The molecule has 1 aromatic carbocycles. The van der Waals surface area contributed by atoms with Crippen LogP contribution in [0.5, 0.6) is 0 Å². The molecule has 1 nitrogen and oxygen atoms in total. The summed E-state index contributed by atoms with van der Waals surface area (Å²) < 4.78 is 0. The molecular formula is C23H43N. The van der Waals surface area contributed by atoms with Gasteiger partial charge in [0.25, 0.3) is 0 Å². The van der Waals surface area contributed by atoms with Crippen molar-refractivity contribution in [3.05, 3.63) is 66.5 Å². The van der Waals surface area contributed by atoms with E-state index in [4.69, 9.17) is 0 Å². The third-order valence-corrected chi connectivity index (χ3v) is 2.03. The van der Waals surface area contributed by atoms with Crippen LogP contribution < -0.4 is 0 Å². The normalized spacial score (nSPS) is 7.79. The highest BCUT2D eigenvalue weighted by Gasteiger charge is 1.93. The molecule has 1 heteroatoms. The van der Waals surface area contributed by atoms with Crippen LogP contribution in [0, 0.1) is 5.92 Å². The van der Waals surface area contributed by atoms with E-state index in [1.807, 2.05) is 52.0 Å². The molecule has 0 radical (unpaired) electrons. The van der Waals surface area contributed by atoms with E-state index in [1.54, 1.807) is 12.4 Å². The minimum Gasteiger partial charge on any atom is -0.265 e. The highest BCUT2D eigenvalue weighted by molar-refractivity contribution is 5.17. The number of rotatable bonds is 1. The predicted molar refractivity (Wildman–Crippen MR) is 115 cm³/mol. The Balaban J connectivity index is -0.000000117. The molecule has 0 amide bonds. The van der Waals surface area contributed by atoms with Crippen molar-refractivity contribution in [2.75, 3.05) is 0 Å². The Morgan fingerprint density at radius 3 is 1.12 bits per heavy atom. The molecule has 0 spiro atoms. The monoisotopic (exact) mass is 333 g/mol. The van der Waals surface area contributed by atoms with E-state index in [9.17, 15) is 0 Å². The van der Waals surface area contributed by atoms with Crippen LogP contribution in [0.15, 0.2) is 60.9 Å². The quantitative estimate of drug-likeness (QED) is 0.512. The maximum atomic E-state index is 3.78. The molecule has 0 N–H and O–H groups in total. The summed E-state index contributed by atoms with van der Waals surface area (Å²) >= 11 is 0. The van der Waals surface area contributed by atoms with Crippen LogP contribution in [0.25, 0.3) is 0 Å². The van der Waals surface area contributed by atoms with E-state index in [2.05, 4.69) is 63.9 Å². The standard InChI is InChI=1S/C9H12.C5H5N.C4H10.2C2H6.CH4/c1-8(2)9-6-4-3-5-7-9;1-2-4-6-5-3-1;1-4(2)3;2*1-2;/h3-8H,1-2H3;1-5H;4H,1-3H3;2*1-2H3;1H4. The van der Waals surface area contributed by atoms with Gasteiger partial charge in [0.15, 0.2) is 0 Å². The molecule has 0 bridgehead atoms. The summed E-state index contributed by atoms with van der Waals surface area (Å²) in [5.41, 5.74) is 1.41. The first-order valence-electron chi connectivity index (χ1n) is 8.94. The first-order chi connectivity index (χ1) is 11.0. The van der Waals surface area contributed by atoms with Crippen molar-refractivity contribution in [1.29, 1.82) is 0 Å². The molecule has 0 saturated heterocycles. The topological polar surface area (TPSA) is 12.9 Å². The van der Waals surface area contributed by atoms with E-state index >= 15 is 0 Å². The Labute approximate surface area is 153 Å². The molecule has 2 rings (SSSR count). The number of hydrogen-bond acceptors (Lipinski definition) is 1. The Morgan fingerprint density at radius 2 is 0.958 bits per heavy atom. The second-order valence-electron chi connectivity index (χ2n) is 5.32. The van der Waals surface area contributed by atoms with E-state index in [-0.39, 0.29) is 7.43 Å². The van der Waals surface area contributed by atoms with Gasteiger partial charge in [-0.1, -0.05) is 106 Å². The molecule has 140 valence electrons. The Hall–Kier alpha value is -1.63. The van der Waals surface area contributed by atoms with Crippen LogP contribution in [0.3, 0.4) is 0 Å². The average Bonchev–Trinajstić information content (AvgIpc) is 2.61. The molecule has 0 fully saturated rings. The summed E-state index contributed by atoms with van der Waals surface area (Å²) in [6.07, 6.45) is 3.50. The third-order valence-electron chi connectivity index (χ3n) is 2.03. The van der Waals surface area contributed by atoms with E-state index in [0.717, 1.165) is 5.92 Å². The maximum Gasteiger partial charge on any atom is 0.0267 e. The summed E-state index contributed by atoms with van der Waals surface area (Å²) in [6, 6.07) is 16.2. The van der Waals surface area contributed by atoms with Crippen LogP contribution in [-0.4, -0.2) is 4.98 Å². The number of pyridine rings is 1. The summed E-state index contributed by atoms with van der Waals surface area (Å²) in [6.45, 7) is 18.9. The second-order valence-corrected chi connectivity index (χ2v) is 5.32. The third kappa shape index (κ3) is 28.5. The average molecular weight is 334 g/mol. The highest BCUT2D eigenvalue weighted by Crippen LogP contribution is 2.11. The molecule has 1 aromatic heterocycles. The van der Waals surface area contributed by atoms with Crippen molar-refractivity contribution in [3.63, 3.8) is 0 Å². The Kier molecular flexibility index (Phi) is 33.1. The van der Waals surface area contributed by atoms with Gasteiger partial charge in [0.05, 0.1) is 0 Å². The summed E-state index contributed by atoms with van der Waals surface area (Å²) in [5.74, 6) is 1.49. The van der Waals surface area contributed by atoms with Gasteiger partial charge in [0.2, 0.25) is 0 Å². The van der Waals surface area contributed by atoms with Crippen LogP contribution >= 0.6 is 0 Å². The largest absolute Gasteiger partial charge is 0.265 e. The van der Waals surface area contributed by atoms with Crippen molar-refractivity contribution in [1.82, 2.24) is 4.98 Å². The van der Waals surface area contributed by atoms with Crippen molar-refractivity contribution >= 4 is 0 Å². The fraction of sp³-hybridized carbons (Fsp3) is 0.522. The van der Waals surface area contributed by atoms with Crippen LogP contribution in [-0.2, 0) is 0 Å². The summed E-state index contributed by atoms with van der Waals surface area (Å²) in [5, 5.41) is 0. The lowest BCUT2D eigenvalue weighted by molar-refractivity contribution is 0.737. The SMILES string of the molecule is C.CC.CC.CC(C)C.CC(C)c1ccccc1.c1ccncc1. The molecule has 0 aliphatic carbocycles. The molecular weight excluding hydrogens is 290 g/mol. The first kappa shape index (κ1) is 30.3. The van der Waals surface area contributed by atoms with Crippen molar-refractivity contribution in [2.24, 2.45) is 5.92 Å². The number of benzene rings is 1. The Bertz CT molecular complexity index is 350. The van der Waals surface area contributed by atoms with Crippen LogP contribution in [0.4, 0.5) is 0 Å². The summed E-state index contributed by atoms with van der Waals surface area (Å²) in [7, 11) is 0. The van der Waals surface area contributed by atoms with Gasteiger partial charge in [0, 0.05) is 12.4 Å². The highest BCUT2D eigenvalue weighted by atomic mass is 14.6. The van der Waals surface area contributed by atoms with Crippen molar-refractivity contribution in [2.45, 2.75) is 75.7 Å². The minimum atomic E-state index is 0. The van der Waals surface area contributed by atoms with E-state index in [0.29, 0.717) is 5.92 Å². The number of aromatic nitrogens is 1. The van der Waals surface area contributed by atoms with Gasteiger partial charge < -0.3 is 0 Å². The van der Waals surface area contributed by atoms with Gasteiger partial charge >= 0.3 is 0 Å². The molecule has 2 aromatic rings. The van der Waals surface area contributed by atoms with Crippen LogP contribution in [0.2, 0.25) is 0 Å². The van der Waals surface area contributed by atoms with Crippen molar-refractivity contribution in [3.8, 4) is 0 Å². The molecule has 0 atom stereocenters. The zero-order chi connectivity index (χ0) is 18.5. The lowest BCUT2D eigenvalue weighted by atomic mass is 10.0. The van der Waals surface area contributed by atoms with Crippen molar-refractivity contribution < 1.29 is 0 Å². The molecule has 1 heterocycles. The maximum absolute atomic E-state index is 3.78. The van der Waals surface area contributed by atoms with Gasteiger partial charge in [0.1, 0.15) is 0 Å². The fourth-order valence-corrected chi connectivity index (χ4v) is 1.15. The van der Waals surface area contributed by atoms with E-state index in [1.165, 1.54) is 5.56 Å². The lowest BCUT2D eigenvalue weighted by Crippen LogP contribution is -1.83. The number of nitrogens with zero attached hydrogens (tertiary/aromatic N) is 1. The lowest BCUT2D eigenvalue weighted by Gasteiger charge is -2.01. The van der Waals surface area contributed by atoms with Gasteiger partial charge in [-0.05, 0) is 29.5 Å². The number of hydrogen-bond donors (Lipinski definition) is 0. The molecule has 0 saturated carbocycles. The first-order valence-corrected chi connectivity index (χ1v) is 8.94. The Morgan fingerprint density at radius 1 is 0.625 bits per heavy atom. The molecule has 24 heavy (non-hydrogen) atoms. The fourth-order valence-electron chi connectivity index (χ4n) is 1.15. The minimum absolute atomic E-state index is 0. The van der Waals surface area contributed by atoms with Gasteiger partial charge in [-0.15, -0.1) is 0 Å². The zero-order valence-electron chi connectivity index (χ0n) is 16.9.